The third-order valence-electron chi connectivity index (χ3n) is 3.18. The van der Waals surface area contributed by atoms with Gasteiger partial charge in [-0.05, 0) is 12.5 Å². The maximum absolute atomic E-state index is 13.8. The second kappa shape index (κ2) is 5.47. The summed E-state index contributed by atoms with van der Waals surface area (Å²) in [6.07, 6.45) is 1.27. The minimum Gasteiger partial charge on any atom is -0.396 e. The summed E-state index contributed by atoms with van der Waals surface area (Å²) in [4.78, 5) is 2.22. The Hall–Kier alpha value is -1.13. The van der Waals surface area contributed by atoms with Crippen molar-refractivity contribution in [2.45, 2.75) is 26.0 Å². The molecule has 3 nitrogen and oxygen atoms in total. The number of ether oxygens (including phenoxy) is 1. The van der Waals surface area contributed by atoms with E-state index < -0.39 is 0 Å². The molecule has 1 unspecified atom stereocenters. The Bertz CT molecular complexity index is 384. The zero-order valence-electron chi connectivity index (χ0n) is 10.2. The molecule has 0 aromatic heterocycles. The number of nitrogens with zero attached hydrogens (tertiary/aromatic N) is 1. The molecule has 0 aliphatic carbocycles. The van der Waals surface area contributed by atoms with Crippen LogP contribution in [-0.2, 0) is 11.3 Å². The standard InChI is InChI=1S/C13H19FN2O/c1-2-11-9-16(6-7-17-11)8-10-4-3-5-12(15)13(10)14/h3-5,11H,2,6-9,15H2,1H3. The number of benzene rings is 1. The molecule has 1 aromatic carbocycles. The SMILES string of the molecule is CCC1CN(Cc2cccc(N)c2F)CCO1. The van der Waals surface area contributed by atoms with Gasteiger partial charge in [-0.2, -0.15) is 0 Å². The van der Waals surface area contributed by atoms with E-state index in [0.717, 1.165) is 26.1 Å². The molecule has 1 aliphatic rings. The molecule has 4 heteroatoms. The molecule has 0 bridgehead atoms. The van der Waals surface area contributed by atoms with Crippen molar-refractivity contribution in [2.75, 3.05) is 25.4 Å². The molecule has 2 rings (SSSR count). The third-order valence-corrected chi connectivity index (χ3v) is 3.18. The number of anilines is 1. The monoisotopic (exact) mass is 238 g/mol. The van der Waals surface area contributed by atoms with Gasteiger partial charge in [0.2, 0.25) is 0 Å². The lowest BCUT2D eigenvalue weighted by Crippen LogP contribution is -2.41. The topological polar surface area (TPSA) is 38.5 Å². The van der Waals surface area contributed by atoms with Crippen molar-refractivity contribution < 1.29 is 9.13 Å². The Labute approximate surface area is 101 Å². The molecule has 1 fully saturated rings. The van der Waals surface area contributed by atoms with E-state index in [1.54, 1.807) is 18.2 Å². The number of rotatable bonds is 3. The fourth-order valence-corrected chi connectivity index (χ4v) is 2.13. The lowest BCUT2D eigenvalue weighted by atomic mass is 10.1. The first-order valence-corrected chi connectivity index (χ1v) is 6.07. The van der Waals surface area contributed by atoms with Gasteiger partial charge in [-0.15, -0.1) is 0 Å². The molecule has 94 valence electrons. The lowest BCUT2D eigenvalue weighted by molar-refractivity contribution is -0.0327. The first-order chi connectivity index (χ1) is 8.20. The van der Waals surface area contributed by atoms with Gasteiger partial charge in [0.1, 0.15) is 0 Å². The summed E-state index contributed by atoms with van der Waals surface area (Å²) in [6.45, 7) is 5.16. The lowest BCUT2D eigenvalue weighted by Gasteiger charge is -2.32. The number of morpholine rings is 1. The summed E-state index contributed by atoms with van der Waals surface area (Å²) < 4.78 is 19.3. The van der Waals surface area contributed by atoms with Crippen molar-refractivity contribution in [1.29, 1.82) is 0 Å². The van der Waals surface area contributed by atoms with Crippen molar-refractivity contribution in [3.8, 4) is 0 Å². The molecule has 1 saturated heterocycles. The van der Waals surface area contributed by atoms with E-state index in [-0.39, 0.29) is 17.6 Å². The highest BCUT2D eigenvalue weighted by atomic mass is 19.1. The van der Waals surface area contributed by atoms with E-state index in [9.17, 15) is 4.39 Å². The van der Waals surface area contributed by atoms with Crippen LogP contribution in [0, 0.1) is 5.82 Å². The minimum absolute atomic E-state index is 0.225. The van der Waals surface area contributed by atoms with Crippen molar-refractivity contribution in [1.82, 2.24) is 4.90 Å². The van der Waals surface area contributed by atoms with Gasteiger partial charge in [0, 0.05) is 25.2 Å². The number of nitrogen functional groups attached to an aromatic ring is 1. The van der Waals surface area contributed by atoms with Crippen LogP contribution in [0.3, 0.4) is 0 Å². The molecule has 1 aliphatic heterocycles. The van der Waals surface area contributed by atoms with E-state index in [4.69, 9.17) is 10.5 Å². The third kappa shape index (κ3) is 2.96. The smallest absolute Gasteiger partial charge is 0.150 e. The maximum Gasteiger partial charge on any atom is 0.150 e. The van der Waals surface area contributed by atoms with Crippen LogP contribution in [0.4, 0.5) is 10.1 Å². The van der Waals surface area contributed by atoms with Gasteiger partial charge < -0.3 is 10.5 Å². The highest BCUT2D eigenvalue weighted by molar-refractivity contribution is 5.42. The Morgan fingerprint density at radius 1 is 1.53 bits per heavy atom. The maximum atomic E-state index is 13.8. The van der Waals surface area contributed by atoms with E-state index in [2.05, 4.69) is 11.8 Å². The molecule has 0 radical (unpaired) electrons. The van der Waals surface area contributed by atoms with Gasteiger partial charge in [0.05, 0.1) is 18.4 Å². The Kier molecular flexibility index (Phi) is 3.97. The van der Waals surface area contributed by atoms with Gasteiger partial charge in [0.25, 0.3) is 0 Å². The van der Waals surface area contributed by atoms with E-state index in [1.807, 2.05) is 0 Å². The van der Waals surface area contributed by atoms with Crippen LogP contribution in [0.25, 0.3) is 0 Å². The molecular formula is C13H19FN2O. The second-order valence-corrected chi connectivity index (χ2v) is 4.46. The minimum atomic E-state index is -0.285. The number of hydrogen-bond donors (Lipinski definition) is 1. The number of halogens is 1. The zero-order valence-corrected chi connectivity index (χ0v) is 10.2. The van der Waals surface area contributed by atoms with Crippen LogP contribution in [0.5, 0.6) is 0 Å². The summed E-state index contributed by atoms with van der Waals surface area (Å²) in [6, 6.07) is 5.18. The van der Waals surface area contributed by atoms with Gasteiger partial charge >= 0.3 is 0 Å². The normalized spacial score (nSPS) is 21.6. The molecule has 17 heavy (non-hydrogen) atoms. The van der Waals surface area contributed by atoms with Crippen LogP contribution in [0.1, 0.15) is 18.9 Å². The average molecular weight is 238 g/mol. The van der Waals surface area contributed by atoms with Crippen LogP contribution < -0.4 is 5.73 Å². The second-order valence-electron chi connectivity index (χ2n) is 4.46. The Morgan fingerprint density at radius 2 is 2.35 bits per heavy atom. The molecule has 1 atom stereocenters. The average Bonchev–Trinajstić information content (AvgIpc) is 2.35. The highest BCUT2D eigenvalue weighted by Gasteiger charge is 2.20. The number of nitrogens with two attached hydrogens (primary N) is 1. The Balaban J connectivity index is 2.02. The van der Waals surface area contributed by atoms with Gasteiger partial charge in [-0.3, -0.25) is 4.90 Å². The van der Waals surface area contributed by atoms with Gasteiger partial charge in [0.15, 0.2) is 5.82 Å². The predicted octanol–water partition coefficient (Wildman–Crippen LogP) is 2.02. The van der Waals surface area contributed by atoms with Gasteiger partial charge in [-0.1, -0.05) is 19.1 Å². The predicted molar refractivity (Wildman–Crippen MR) is 66.1 cm³/mol. The highest BCUT2D eigenvalue weighted by Crippen LogP contribution is 2.18. The quantitative estimate of drug-likeness (QED) is 0.819. The fourth-order valence-electron chi connectivity index (χ4n) is 2.13. The van der Waals surface area contributed by atoms with Crippen LogP contribution in [0.15, 0.2) is 18.2 Å². The number of hydrogen-bond acceptors (Lipinski definition) is 3. The summed E-state index contributed by atoms with van der Waals surface area (Å²) in [5.74, 6) is -0.285. The van der Waals surface area contributed by atoms with Crippen LogP contribution >= 0.6 is 0 Å². The molecule has 0 spiro atoms. The van der Waals surface area contributed by atoms with Crippen molar-refractivity contribution in [2.24, 2.45) is 0 Å². The zero-order chi connectivity index (χ0) is 12.3. The summed E-state index contributed by atoms with van der Waals surface area (Å²) >= 11 is 0. The molecule has 2 N–H and O–H groups in total. The van der Waals surface area contributed by atoms with Crippen molar-refractivity contribution >= 4 is 5.69 Å². The first kappa shape index (κ1) is 12.3. The molecule has 0 saturated carbocycles. The first-order valence-electron chi connectivity index (χ1n) is 6.07. The van der Waals surface area contributed by atoms with Gasteiger partial charge in [-0.25, -0.2) is 4.39 Å². The molecule has 0 amide bonds. The largest absolute Gasteiger partial charge is 0.396 e. The van der Waals surface area contributed by atoms with Crippen LogP contribution in [-0.4, -0.2) is 30.7 Å². The van der Waals surface area contributed by atoms with E-state index in [1.165, 1.54) is 0 Å². The molecule has 1 heterocycles. The summed E-state index contributed by atoms with van der Waals surface area (Å²) in [7, 11) is 0. The van der Waals surface area contributed by atoms with E-state index in [0.29, 0.717) is 12.1 Å². The van der Waals surface area contributed by atoms with Crippen molar-refractivity contribution in [3.05, 3.63) is 29.6 Å². The van der Waals surface area contributed by atoms with Crippen molar-refractivity contribution in [3.63, 3.8) is 0 Å². The van der Waals surface area contributed by atoms with E-state index >= 15 is 0 Å². The Morgan fingerprint density at radius 3 is 3.12 bits per heavy atom. The summed E-state index contributed by atoms with van der Waals surface area (Å²) in [5.41, 5.74) is 6.45. The molecular weight excluding hydrogens is 219 g/mol. The fraction of sp³-hybridized carbons (Fsp3) is 0.538. The van der Waals surface area contributed by atoms with Crippen LogP contribution in [0.2, 0.25) is 0 Å². The summed E-state index contributed by atoms with van der Waals surface area (Å²) in [5, 5.41) is 0. The molecule has 1 aromatic rings.